The van der Waals surface area contributed by atoms with Gasteiger partial charge in [0.15, 0.2) is 5.82 Å². The number of thioether (sulfide) groups is 1. The van der Waals surface area contributed by atoms with Gasteiger partial charge in [-0.15, -0.1) is 10.2 Å². The van der Waals surface area contributed by atoms with Crippen LogP contribution in [0.2, 0.25) is 0 Å². The second-order valence-electron chi connectivity index (χ2n) is 6.80. The smallest absolute Gasteiger partial charge is 0.237 e. The van der Waals surface area contributed by atoms with Crippen LogP contribution in [0.4, 0.5) is 10.1 Å². The number of nitrogens with one attached hydrogen (secondary N) is 1. The lowest BCUT2D eigenvalue weighted by Gasteiger charge is -2.17. The lowest BCUT2D eigenvalue weighted by atomic mass is 9.97. The summed E-state index contributed by atoms with van der Waals surface area (Å²) in [5, 5.41) is 10.9. The molecule has 0 spiro atoms. The summed E-state index contributed by atoms with van der Waals surface area (Å²) in [4.78, 5) is 12.7. The number of para-hydroxylation sites is 1. The van der Waals surface area contributed by atoms with E-state index in [1.54, 1.807) is 25.1 Å². The topological polar surface area (TPSA) is 85.8 Å². The number of nitrogens with zero attached hydrogens (tertiary/aromatic N) is 3. The van der Waals surface area contributed by atoms with Gasteiger partial charge in [-0.1, -0.05) is 55.9 Å². The number of nitrogen functional groups attached to an aromatic ring is 1. The number of anilines is 1. The molecular formula is C21H24FN5OS. The van der Waals surface area contributed by atoms with Crippen molar-refractivity contribution >= 4 is 23.4 Å². The number of halogens is 1. The van der Waals surface area contributed by atoms with E-state index in [4.69, 9.17) is 5.84 Å². The van der Waals surface area contributed by atoms with Crippen molar-refractivity contribution in [3.05, 3.63) is 59.9 Å². The molecule has 6 nitrogen and oxygen atoms in total. The SMILES string of the molecule is CCC(C)c1ccccc1NC(=O)C(C)Sc1nnc(-c2ccccc2F)n1N. The van der Waals surface area contributed by atoms with Crippen LogP contribution in [0.15, 0.2) is 53.7 Å². The van der Waals surface area contributed by atoms with E-state index < -0.39 is 11.1 Å². The molecule has 1 heterocycles. The Bertz CT molecular complexity index is 1010. The first-order valence-electron chi connectivity index (χ1n) is 9.44. The number of hydrogen-bond acceptors (Lipinski definition) is 5. The van der Waals surface area contributed by atoms with E-state index in [-0.39, 0.29) is 17.3 Å². The fourth-order valence-corrected chi connectivity index (χ4v) is 3.66. The molecule has 2 atom stereocenters. The van der Waals surface area contributed by atoms with E-state index in [2.05, 4.69) is 29.4 Å². The Kier molecular flexibility index (Phi) is 6.53. The van der Waals surface area contributed by atoms with E-state index in [0.717, 1.165) is 17.7 Å². The zero-order valence-electron chi connectivity index (χ0n) is 16.6. The first-order chi connectivity index (χ1) is 13.9. The number of benzene rings is 2. The molecule has 2 unspecified atom stereocenters. The van der Waals surface area contributed by atoms with E-state index in [9.17, 15) is 9.18 Å². The minimum Gasteiger partial charge on any atom is -0.335 e. The molecule has 0 saturated carbocycles. The van der Waals surface area contributed by atoms with Crippen molar-refractivity contribution in [3.8, 4) is 11.4 Å². The number of rotatable bonds is 7. The highest BCUT2D eigenvalue weighted by Crippen LogP contribution is 2.29. The lowest BCUT2D eigenvalue weighted by molar-refractivity contribution is -0.115. The predicted molar refractivity (Wildman–Crippen MR) is 115 cm³/mol. The molecular weight excluding hydrogens is 389 g/mol. The van der Waals surface area contributed by atoms with Crippen LogP contribution in [0.1, 0.15) is 38.7 Å². The van der Waals surface area contributed by atoms with Crippen LogP contribution in [0.5, 0.6) is 0 Å². The van der Waals surface area contributed by atoms with Crippen LogP contribution < -0.4 is 11.2 Å². The molecule has 0 bridgehead atoms. The number of hydrogen-bond donors (Lipinski definition) is 2. The largest absolute Gasteiger partial charge is 0.335 e. The fraction of sp³-hybridized carbons (Fsp3) is 0.286. The van der Waals surface area contributed by atoms with Gasteiger partial charge in [0.05, 0.1) is 10.8 Å². The van der Waals surface area contributed by atoms with Gasteiger partial charge in [0.25, 0.3) is 0 Å². The highest BCUT2D eigenvalue weighted by molar-refractivity contribution is 8.00. The van der Waals surface area contributed by atoms with E-state index in [0.29, 0.717) is 11.1 Å². The third kappa shape index (κ3) is 4.59. The Morgan fingerprint density at radius 3 is 2.59 bits per heavy atom. The molecule has 2 aromatic carbocycles. The van der Waals surface area contributed by atoms with Gasteiger partial charge in [0.2, 0.25) is 11.1 Å². The third-order valence-corrected chi connectivity index (χ3v) is 5.85. The Labute approximate surface area is 173 Å². The average molecular weight is 414 g/mol. The van der Waals surface area contributed by atoms with Crippen LogP contribution >= 0.6 is 11.8 Å². The molecule has 29 heavy (non-hydrogen) atoms. The Hall–Kier alpha value is -2.87. The van der Waals surface area contributed by atoms with Gasteiger partial charge in [0, 0.05) is 5.69 Å². The van der Waals surface area contributed by atoms with Crippen LogP contribution in [0.3, 0.4) is 0 Å². The standard InChI is InChI=1S/C21H24FN5OS/c1-4-13(2)15-9-6-8-12-18(15)24-20(28)14(3)29-21-26-25-19(27(21)23)16-10-5-7-11-17(16)22/h5-14H,4,23H2,1-3H3,(H,24,28). The molecule has 152 valence electrons. The number of nitrogens with two attached hydrogens (primary N) is 1. The molecule has 1 aromatic heterocycles. The molecule has 1 amide bonds. The predicted octanol–water partition coefficient (Wildman–Crippen LogP) is 4.43. The highest BCUT2D eigenvalue weighted by atomic mass is 32.2. The first kappa shape index (κ1) is 20.9. The molecule has 0 aliphatic carbocycles. The second kappa shape index (κ2) is 9.09. The summed E-state index contributed by atoms with van der Waals surface area (Å²) < 4.78 is 15.2. The van der Waals surface area contributed by atoms with Gasteiger partial charge in [0.1, 0.15) is 5.82 Å². The second-order valence-corrected chi connectivity index (χ2v) is 8.11. The van der Waals surface area contributed by atoms with Crippen molar-refractivity contribution < 1.29 is 9.18 Å². The van der Waals surface area contributed by atoms with Crippen LogP contribution in [-0.4, -0.2) is 26.0 Å². The van der Waals surface area contributed by atoms with E-state index >= 15 is 0 Å². The Morgan fingerprint density at radius 2 is 1.86 bits per heavy atom. The van der Waals surface area contributed by atoms with Crippen LogP contribution in [0, 0.1) is 5.82 Å². The normalized spacial score (nSPS) is 13.1. The maximum atomic E-state index is 14.0. The molecule has 3 rings (SSSR count). The van der Waals surface area contributed by atoms with Gasteiger partial charge in [-0.2, -0.15) is 0 Å². The summed E-state index contributed by atoms with van der Waals surface area (Å²) in [5.41, 5.74) is 2.17. The van der Waals surface area contributed by atoms with Crippen molar-refractivity contribution in [1.82, 2.24) is 14.9 Å². The minimum atomic E-state index is -0.472. The van der Waals surface area contributed by atoms with Gasteiger partial charge in [-0.05, 0) is 43.0 Å². The van der Waals surface area contributed by atoms with Crippen LogP contribution in [0.25, 0.3) is 11.4 Å². The monoisotopic (exact) mass is 413 g/mol. The van der Waals surface area contributed by atoms with Crippen molar-refractivity contribution in [2.24, 2.45) is 0 Å². The molecule has 8 heteroatoms. The van der Waals surface area contributed by atoms with E-state index in [1.807, 2.05) is 24.3 Å². The maximum absolute atomic E-state index is 14.0. The number of carbonyl (C=O) groups is 1. The molecule has 0 aliphatic heterocycles. The zero-order valence-corrected chi connectivity index (χ0v) is 17.4. The van der Waals surface area contributed by atoms with Crippen molar-refractivity contribution in [1.29, 1.82) is 0 Å². The summed E-state index contributed by atoms with van der Waals surface area (Å²) in [6.07, 6.45) is 0.978. The average Bonchev–Trinajstić information content (AvgIpc) is 3.08. The quantitative estimate of drug-likeness (QED) is 0.442. The molecule has 3 N–H and O–H groups in total. The fourth-order valence-electron chi connectivity index (χ4n) is 2.89. The van der Waals surface area contributed by atoms with Crippen LogP contribution in [-0.2, 0) is 4.79 Å². The summed E-state index contributed by atoms with van der Waals surface area (Å²) >= 11 is 1.17. The molecule has 0 saturated heterocycles. The van der Waals surface area contributed by atoms with Crippen molar-refractivity contribution in [3.63, 3.8) is 0 Å². The summed E-state index contributed by atoms with van der Waals surface area (Å²) in [6, 6.07) is 14.0. The molecule has 0 radical (unpaired) electrons. The molecule has 0 aliphatic rings. The van der Waals surface area contributed by atoms with Gasteiger partial charge in [-0.25, -0.2) is 9.07 Å². The summed E-state index contributed by atoms with van der Waals surface area (Å²) in [6.45, 7) is 6.01. The molecule has 3 aromatic rings. The number of carbonyl (C=O) groups excluding carboxylic acids is 1. The van der Waals surface area contributed by atoms with Gasteiger partial charge < -0.3 is 11.2 Å². The Morgan fingerprint density at radius 1 is 1.17 bits per heavy atom. The number of aromatic nitrogens is 3. The lowest BCUT2D eigenvalue weighted by Crippen LogP contribution is -2.24. The van der Waals surface area contributed by atoms with Gasteiger partial charge >= 0.3 is 0 Å². The summed E-state index contributed by atoms with van der Waals surface area (Å²) in [5.74, 6) is 6.01. The third-order valence-electron chi connectivity index (χ3n) is 4.79. The Balaban J connectivity index is 1.74. The molecule has 0 fully saturated rings. The van der Waals surface area contributed by atoms with Crippen molar-refractivity contribution in [2.75, 3.05) is 11.2 Å². The maximum Gasteiger partial charge on any atom is 0.237 e. The van der Waals surface area contributed by atoms with E-state index in [1.165, 1.54) is 22.5 Å². The zero-order chi connectivity index (χ0) is 21.0. The van der Waals surface area contributed by atoms with Gasteiger partial charge in [-0.3, -0.25) is 4.79 Å². The number of amides is 1. The van der Waals surface area contributed by atoms with Crippen molar-refractivity contribution in [2.45, 2.75) is 43.5 Å². The summed E-state index contributed by atoms with van der Waals surface area (Å²) in [7, 11) is 0. The highest BCUT2D eigenvalue weighted by Gasteiger charge is 2.22. The minimum absolute atomic E-state index is 0.166. The first-order valence-corrected chi connectivity index (χ1v) is 10.3.